The molecule has 0 aromatic carbocycles. The summed E-state index contributed by atoms with van der Waals surface area (Å²) in [6.07, 6.45) is -57.9. The zero-order chi connectivity index (χ0) is 79.0. The Labute approximate surface area is 621 Å². The highest BCUT2D eigenvalue weighted by atomic mass is 16.8. The van der Waals surface area contributed by atoms with E-state index in [1.807, 2.05) is 0 Å². The smallest absolute Gasteiger partial charge is 0.335 e. The van der Waals surface area contributed by atoms with Crippen LogP contribution in [-0.4, -0.2) is 361 Å². The number of ether oxygens (including phenoxy) is 14. The lowest BCUT2D eigenvalue weighted by Crippen LogP contribution is -2.69. The van der Waals surface area contributed by atoms with E-state index < -0.39 is 297 Å². The van der Waals surface area contributed by atoms with Gasteiger partial charge in [0, 0.05) is 0 Å². The number of aliphatic carboxylic acids is 1. The summed E-state index contributed by atoms with van der Waals surface area (Å²) in [5.74, 6) is -4.03. The molecule has 0 spiro atoms. The number of carbonyl (C=O) groups excluding carboxylic acids is 2. The second-order valence-corrected chi connectivity index (χ2v) is 34.0. The molecule has 11 fully saturated rings. The fourth-order valence-corrected chi connectivity index (χ4v) is 20.5. The van der Waals surface area contributed by atoms with Gasteiger partial charge in [-0.1, -0.05) is 53.2 Å². The van der Waals surface area contributed by atoms with Gasteiger partial charge in [0.05, 0.1) is 55.8 Å². The normalized spacial score (nSPS) is 55.3. The summed E-state index contributed by atoms with van der Waals surface area (Å²) in [6, 6.07) is 0. The SMILES string of the molecule is C[C@@H]1O[C@@H](O[C@H]2[C@H](OC(=O)[C@]34CCC(C)(C)C[C@H]3C3=CCC5[C@@]6(C)CC[C@H](O[C@@H]7O[C@H](C(=O)O)[C@@H](O)[C@H](O)[C@H]7O[C@@H]7O[C@H](CO)[C@H](O)[C@H](O)[C@H]7O)[C@@](C)(C=O)C6CC[C@@]5(C)[C@]3(C)C[C@H]4O)O[C@H](C)[C@H](O[C@@H]3O[C@H](C)[C@H](O)[C@H](O)[C@H]3O)[C@@H]2O)[C@H](O)[C@H](O)[C@H]1O[C@@H]1OC[C@@H](O)[C@H](O[C@@H]2O[C@H](CO)[C@@H](O)[C@H](O)[C@H]2O)[C@H]1O. The number of allylic oxidation sites excluding steroid dienone is 2. The van der Waals surface area contributed by atoms with Crippen molar-refractivity contribution in [1.29, 1.82) is 0 Å². The van der Waals surface area contributed by atoms with Gasteiger partial charge in [-0.15, -0.1) is 0 Å². The van der Waals surface area contributed by atoms with Crippen LogP contribution in [0.5, 0.6) is 0 Å². The molecule has 2 unspecified atom stereocenters. The summed E-state index contributed by atoms with van der Waals surface area (Å²) in [5, 5.41) is 221. The molecule has 7 heterocycles. The summed E-state index contributed by atoms with van der Waals surface area (Å²) in [6.45, 7) is 14.1. The molecule has 5 aliphatic carbocycles. The molecule has 20 N–H and O–H groups in total. The zero-order valence-corrected chi connectivity index (χ0v) is 61.5. The minimum absolute atomic E-state index is 0.0166. The standard InChI is InChI=1S/C71H112O37/c1-24-36(77)39(80)45(86)59(96-24)103-52-26(3)98-63(56(49(52)90)107-60-48(89)44(85)51(25(2)97-60)102-58-50(91)53(29(75)22-95-58)104-61-46(87)40(81)37(78)30(20-72)99-61)108-65(94)71-17-16-66(4,5)18-28(71)27-10-11-33-67(6)14-13-35(68(7,23-74)32(67)12-15-69(33,8)70(27,9)19-34(71)76)101-64-55(43(84)42(83)54(105-64)57(92)93)106-62-47(88)41(82)38(79)31(21-73)100-62/h10,23-26,28-56,58-64,72-73,75-91H,11-22H2,1-9H3,(H,92,93)/t24-,25+,26-,28+,29-,30-,31-,32?,33?,34-,35+,36+,37-,38+,39+,40+,41+,42+,43+,44+,45-,46-,47-,48-,49+,50-,51+,52+,53+,54+,55-,56-,58+,59+,60+,61+,62+,63+,64-,67+,68+,69-,70-,71-/m1/s1. The number of carboxylic acid groups (broad SMARTS) is 1. The predicted octanol–water partition coefficient (Wildman–Crippen LogP) is -6.60. The van der Waals surface area contributed by atoms with Gasteiger partial charge >= 0.3 is 11.9 Å². The Morgan fingerprint density at radius 3 is 1.56 bits per heavy atom. The maximum absolute atomic E-state index is 16.1. The Kier molecular flexibility index (Phi) is 24.7. The van der Waals surface area contributed by atoms with Crippen molar-refractivity contribution in [3.63, 3.8) is 0 Å². The van der Waals surface area contributed by atoms with Crippen molar-refractivity contribution in [3.8, 4) is 0 Å². The molecule has 4 saturated carbocycles. The van der Waals surface area contributed by atoms with Gasteiger partial charge in [0.15, 0.2) is 49.9 Å². The molecule has 0 aromatic heterocycles. The topological polar surface area (TPSA) is 585 Å². The van der Waals surface area contributed by atoms with Crippen LogP contribution >= 0.6 is 0 Å². The molecule has 12 aliphatic rings. The fraction of sp³-hybridized carbons (Fsp3) is 0.930. The average molecular weight is 1560 g/mol. The Balaban J connectivity index is 0.797. The van der Waals surface area contributed by atoms with Crippen LogP contribution < -0.4 is 0 Å². The highest BCUT2D eigenvalue weighted by molar-refractivity contribution is 5.80. The molecule has 0 radical (unpaired) electrons. The van der Waals surface area contributed by atoms with E-state index >= 15 is 4.79 Å². The molecule has 44 atom stereocenters. The molecule has 618 valence electrons. The van der Waals surface area contributed by atoms with E-state index in [9.17, 15) is 112 Å². The summed E-state index contributed by atoms with van der Waals surface area (Å²) >= 11 is 0. The van der Waals surface area contributed by atoms with E-state index in [2.05, 4.69) is 40.7 Å². The van der Waals surface area contributed by atoms with Gasteiger partial charge in [-0.2, -0.15) is 0 Å². The number of aldehydes is 1. The second kappa shape index (κ2) is 31.6. The second-order valence-electron chi connectivity index (χ2n) is 34.0. The lowest BCUT2D eigenvalue weighted by atomic mass is 9.33. The Morgan fingerprint density at radius 1 is 0.481 bits per heavy atom. The van der Waals surface area contributed by atoms with Crippen LogP contribution in [0.25, 0.3) is 0 Å². The Bertz CT molecular complexity index is 3170. The van der Waals surface area contributed by atoms with E-state index in [1.165, 1.54) is 20.8 Å². The maximum Gasteiger partial charge on any atom is 0.335 e. The molecule has 37 heteroatoms. The van der Waals surface area contributed by atoms with E-state index in [0.717, 1.165) is 11.9 Å². The van der Waals surface area contributed by atoms with Crippen molar-refractivity contribution in [2.45, 2.75) is 341 Å². The lowest BCUT2D eigenvalue weighted by molar-refractivity contribution is -0.389. The number of aliphatic hydroxyl groups is 19. The van der Waals surface area contributed by atoms with Gasteiger partial charge in [0.1, 0.15) is 146 Å². The highest BCUT2D eigenvalue weighted by Crippen LogP contribution is 2.76. The predicted molar refractivity (Wildman–Crippen MR) is 353 cm³/mol. The lowest BCUT2D eigenvalue weighted by Gasteiger charge is -2.71. The maximum atomic E-state index is 16.1. The van der Waals surface area contributed by atoms with E-state index in [1.54, 1.807) is 6.92 Å². The van der Waals surface area contributed by atoms with Crippen molar-refractivity contribution in [3.05, 3.63) is 11.6 Å². The third kappa shape index (κ3) is 14.3. The first-order valence-electron chi connectivity index (χ1n) is 37.5. The molecule has 0 amide bonds. The zero-order valence-electron chi connectivity index (χ0n) is 61.5. The molecule has 7 saturated heterocycles. The molecular weight excluding hydrogens is 1440 g/mol. The molecule has 0 bridgehead atoms. The van der Waals surface area contributed by atoms with Crippen LogP contribution in [-0.2, 0) is 80.7 Å². The molecule has 12 rings (SSSR count). The first-order chi connectivity index (χ1) is 50.6. The van der Waals surface area contributed by atoms with Gasteiger partial charge in [-0.3, -0.25) is 4.79 Å². The first-order valence-corrected chi connectivity index (χ1v) is 37.5. The number of fused-ring (bicyclic) bond motifs is 7. The number of carboxylic acids is 1. The summed E-state index contributed by atoms with van der Waals surface area (Å²) in [7, 11) is 0. The van der Waals surface area contributed by atoms with Crippen LogP contribution in [0.15, 0.2) is 11.6 Å². The number of carbonyl (C=O) groups is 3. The van der Waals surface area contributed by atoms with E-state index in [-0.39, 0.29) is 25.2 Å². The van der Waals surface area contributed by atoms with Crippen LogP contribution in [0.3, 0.4) is 0 Å². The number of aliphatic hydroxyl groups excluding tert-OH is 19. The molecular formula is C71H112O37. The van der Waals surface area contributed by atoms with Crippen LogP contribution in [0.1, 0.15) is 120 Å². The first kappa shape index (κ1) is 84.5. The molecule has 0 aromatic rings. The summed E-state index contributed by atoms with van der Waals surface area (Å²) in [5.41, 5.74) is -4.85. The molecule has 7 aliphatic heterocycles. The monoisotopic (exact) mass is 1560 g/mol. The van der Waals surface area contributed by atoms with Gasteiger partial charge in [0.2, 0.25) is 6.29 Å². The summed E-state index contributed by atoms with van der Waals surface area (Å²) < 4.78 is 84.0. The van der Waals surface area contributed by atoms with Crippen molar-refractivity contribution in [1.82, 2.24) is 0 Å². The van der Waals surface area contributed by atoms with Gasteiger partial charge in [-0.25, -0.2) is 4.79 Å². The Morgan fingerprint density at radius 2 is 0.981 bits per heavy atom. The van der Waals surface area contributed by atoms with Crippen molar-refractivity contribution in [2.75, 3.05) is 19.8 Å². The minimum Gasteiger partial charge on any atom is -0.479 e. The van der Waals surface area contributed by atoms with Crippen LogP contribution in [0, 0.1) is 50.2 Å². The Hall–Kier alpha value is -2.93. The molecule has 37 nitrogen and oxygen atoms in total. The van der Waals surface area contributed by atoms with E-state index in [0.29, 0.717) is 38.5 Å². The fourth-order valence-electron chi connectivity index (χ4n) is 20.5. The van der Waals surface area contributed by atoms with Crippen molar-refractivity contribution < 1.29 is 183 Å². The van der Waals surface area contributed by atoms with Gasteiger partial charge < -0.3 is 173 Å². The average Bonchev–Trinajstić information content (AvgIpc) is 0.670. The van der Waals surface area contributed by atoms with Crippen LogP contribution in [0.4, 0.5) is 0 Å². The minimum atomic E-state index is -2.14. The number of hydrogen-bond acceptors (Lipinski definition) is 36. The quantitative estimate of drug-likeness (QED) is 0.0263. The number of esters is 1. The van der Waals surface area contributed by atoms with Gasteiger partial charge in [-0.05, 0) is 118 Å². The highest BCUT2D eigenvalue weighted by Gasteiger charge is 2.73. The van der Waals surface area contributed by atoms with Crippen LogP contribution in [0.2, 0.25) is 0 Å². The largest absolute Gasteiger partial charge is 0.479 e. The van der Waals surface area contributed by atoms with Crippen molar-refractivity contribution in [2.24, 2.45) is 50.2 Å². The third-order valence-corrected chi connectivity index (χ3v) is 27.2. The summed E-state index contributed by atoms with van der Waals surface area (Å²) in [4.78, 5) is 42.6. The number of rotatable bonds is 18. The van der Waals surface area contributed by atoms with E-state index in [4.69, 9.17) is 66.3 Å². The molecule has 108 heavy (non-hydrogen) atoms. The number of hydrogen-bond donors (Lipinski definition) is 20. The third-order valence-electron chi connectivity index (χ3n) is 27.2. The van der Waals surface area contributed by atoms with Crippen molar-refractivity contribution >= 4 is 18.2 Å². The van der Waals surface area contributed by atoms with Gasteiger partial charge in [0.25, 0.3) is 0 Å².